The molecule has 1 atom stereocenters. The summed E-state index contributed by atoms with van der Waals surface area (Å²) in [6.07, 6.45) is 3.46. The summed E-state index contributed by atoms with van der Waals surface area (Å²) < 4.78 is 0. The Morgan fingerprint density at radius 1 is 1.00 bits per heavy atom. The van der Waals surface area contributed by atoms with Gasteiger partial charge in [-0.1, -0.05) is 0 Å². The molecule has 9 heavy (non-hydrogen) atoms. The monoisotopic (exact) mass is 182 g/mol. The van der Waals surface area contributed by atoms with E-state index in [1.807, 2.05) is 0 Å². The minimum Gasteiger partial charge on any atom is -0.179 e. The largest absolute Gasteiger partial charge is 0.179 e. The molecule has 0 aliphatic carbocycles. The molecule has 0 rings (SSSR count). The van der Waals surface area contributed by atoms with Crippen LogP contribution in [-0.2, 0) is 0 Å². The van der Waals surface area contributed by atoms with Crippen molar-refractivity contribution in [1.29, 1.82) is 0 Å². The van der Waals surface area contributed by atoms with Crippen LogP contribution in [0.4, 0.5) is 0 Å². The second-order valence-electron chi connectivity index (χ2n) is 2.03. The fraction of sp³-hybridized carbons (Fsp3) is 1.00. The van der Waals surface area contributed by atoms with Crippen molar-refractivity contribution >= 4 is 37.9 Å². The molecule has 0 aliphatic rings. The van der Waals surface area contributed by atoms with E-state index in [4.69, 9.17) is 0 Å². The van der Waals surface area contributed by atoms with Crippen molar-refractivity contribution in [3.8, 4) is 0 Å². The van der Waals surface area contributed by atoms with Crippen LogP contribution in [0, 0.1) is 0 Å². The van der Waals surface area contributed by atoms with Crippen LogP contribution < -0.4 is 0 Å². The molecule has 0 saturated carbocycles. The maximum atomic E-state index is 4.36. The van der Waals surface area contributed by atoms with Crippen LogP contribution >= 0.6 is 37.9 Å². The summed E-state index contributed by atoms with van der Waals surface area (Å²) >= 11 is 12.6. The predicted octanol–water partition coefficient (Wildman–Crippen LogP) is 2.31. The maximum Gasteiger partial charge on any atom is 0.00248 e. The van der Waals surface area contributed by atoms with E-state index in [0.717, 1.165) is 17.9 Å². The molecule has 0 saturated heterocycles. The molecule has 0 aromatic heterocycles. The van der Waals surface area contributed by atoms with Gasteiger partial charge in [0.2, 0.25) is 0 Å². The summed E-state index contributed by atoms with van der Waals surface area (Å²) in [7, 11) is 0. The van der Waals surface area contributed by atoms with Gasteiger partial charge >= 0.3 is 0 Å². The number of rotatable bonds is 5. The summed E-state index contributed by atoms with van der Waals surface area (Å²) in [6, 6.07) is 0. The average molecular weight is 182 g/mol. The number of hydrogen-bond donors (Lipinski definition) is 3. The smallest absolute Gasteiger partial charge is 0.00248 e. The van der Waals surface area contributed by atoms with E-state index in [2.05, 4.69) is 37.9 Å². The third-order valence-electron chi connectivity index (χ3n) is 1.16. The zero-order chi connectivity index (χ0) is 7.11. The Hall–Kier alpha value is 1.05. The van der Waals surface area contributed by atoms with E-state index >= 15 is 0 Å². The third kappa shape index (κ3) is 6.94. The molecule has 0 bridgehead atoms. The summed E-state index contributed by atoms with van der Waals surface area (Å²) in [5, 5.41) is 0.537. The number of hydrogen-bond acceptors (Lipinski definition) is 3. The highest BCUT2D eigenvalue weighted by atomic mass is 32.1. The first kappa shape index (κ1) is 10.0. The van der Waals surface area contributed by atoms with Crippen LogP contribution in [0.15, 0.2) is 0 Å². The molecule has 0 aromatic carbocycles. The highest BCUT2D eigenvalue weighted by molar-refractivity contribution is 7.81. The molecule has 0 aliphatic heterocycles. The predicted molar refractivity (Wildman–Crippen MR) is 54.3 cm³/mol. The van der Waals surface area contributed by atoms with Gasteiger partial charge in [-0.3, -0.25) is 0 Å². The Morgan fingerprint density at radius 3 is 2.11 bits per heavy atom. The lowest BCUT2D eigenvalue weighted by molar-refractivity contribution is 0.735. The first-order valence-electron chi connectivity index (χ1n) is 3.21. The lowest BCUT2D eigenvalue weighted by Crippen LogP contribution is -1.99. The zero-order valence-electron chi connectivity index (χ0n) is 5.45. The molecule has 0 nitrogen and oxygen atoms in total. The lowest BCUT2D eigenvalue weighted by atomic mass is 10.2. The zero-order valence-corrected chi connectivity index (χ0v) is 8.14. The van der Waals surface area contributed by atoms with Crippen molar-refractivity contribution in [2.24, 2.45) is 0 Å². The fourth-order valence-corrected chi connectivity index (χ4v) is 1.63. The summed E-state index contributed by atoms with van der Waals surface area (Å²) in [5.41, 5.74) is 0. The molecule has 56 valence electrons. The Bertz CT molecular complexity index is 56.3. The van der Waals surface area contributed by atoms with Crippen LogP contribution in [0.3, 0.4) is 0 Å². The second-order valence-corrected chi connectivity index (χ2v) is 3.66. The summed E-state index contributed by atoms with van der Waals surface area (Å²) in [4.78, 5) is 0. The van der Waals surface area contributed by atoms with Gasteiger partial charge in [0.05, 0.1) is 0 Å². The molecule has 0 amide bonds. The van der Waals surface area contributed by atoms with Gasteiger partial charge in [-0.2, -0.15) is 37.9 Å². The van der Waals surface area contributed by atoms with Crippen LogP contribution in [-0.4, -0.2) is 16.8 Å². The van der Waals surface area contributed by atoms with E-state index < -0.39 is 0 Å². The highest BCUT2D eigenvalue weighted by Gasteiger charge is 1.98. The van der Waals surface area contributed by atoms with Gasteiger partial charge in [-0.25, -0.2) is 0 Å². The molecule has 0 spiro atoms. The second kappa shape index (κ2) is 7.16. The fourth-order valence-electron chi connectivity index (χ4n) is 0.620. The normalized spacial score (nSPS) is 13.7. The van der Waals surface area contributed by atoms with Gasteiger partial charge in [0.1, 0.15) is 0 Å². The minimum atomic E-state index is 0.537. The van der Waals surface area contributed by atoms with Crippen LogP contribution in [0.25, 0.3) is 0 Å². The molecular weight excluding hydrogens is 168 g/mol. The van der Waals surface area contributed by atoms with E-state index in [9.17, 15) is 0 Å². The maximum absolute atomic E-state index is 4.36. The number of thiol groups is 3. The molecule has 1 unspecified atom stereocenters. The average Bonchev–Trinajstić information content (AvgIpc) is 1.85. The van der Waals surface area contributed by atoms with Crippen LogP contribution in [0.2, 0.25) is 0 Å². The standard InChI is InChI=1S/C6H14S3/c7-4-1-2-6(9)3-5-8/h6-9H,1-5H2. The van der Waals surface area contributed by atoms with Gasteiger partial charge in [0, 0.05) is 5.25 Å². The van der Waals surface area contributed by atoms with E-state index in [-0.39, 0.29) is 0 Å². The van der Waals surface area contributed by atoms with Crippen molar-refractivity contribution in [2.75, 3.05) is 11.5 Å². The van der Waals surface area contributed by atoms with Gasteiger partial charge in [-0.15, -0.1) is 0 Å². The van der Waals surface area contributed by atoms with Crippen molar-refractivity contribution in [1.82, 2.24) is 0 Å². The Morgan fingerprint density at radius 2 is 1.67 bits per heavy atom. The van der Waals surface area contributed by atoms with Gasteiger partial charge in [0.25, 0.3) is 0 Å². The Balaban J connectivity index is 2.95. The van der Waals surface area contributed by atoms with E-state index in [0.29, 0.717) is 5.25 Å². The topological polar surface area (TPSA) is 0 Å². The van der Waals surface area contributed by atoms with Crippen molar-refractivity contribution in [3.63, 3.8) is 0 Å². The van der Waals surface area contributed by atoms with Gasteiger partial charge < -0.3 is 0 Å². The van der Waals surface area contributed by atoms with E-state index in [1.165, 1.54) is 12.8 Å². The Labute approximate surface area is 74.0 Å². The first-order chi connectivity index (χ1) is 4.31. The molecule has 3 heteroatoms. The van der Waals surface area contributed by atoms with Crippen molar-refractivity contribution < 1.29 is 0 Å². The SMILES string of the molecule is SCCCC(S)CCS. The van der Waals surface area contributed by atoms with E-state index in [1.54, 1.807) is 0 Å². The van der Waals surface area contributed by atoms with Crippen LogP contribution in [0.5, 0.6) is 0 Å². The summed E-state index contributed by atoms with van der Waals surface area (Å²) in [6.45, 7) is 0. The van der Waals surface area contributed by atoms with Crippen LogP contribution in [0.1, 0.15) is 19.3 Å². The quantitative estimate of drug-likeness (QED) is 0.534. The van der Waals surface area contributed by atoms with Crippen molar-refractivity contribution in [3.05, 3.63) is 0 Å². The highest BCUT2D eigenvalue weighted by Crippen LogP contribution is 2.09. The third-order valence-corrected chi connectivity index (χ3v) is 2.25. The van der Waals surface area contributed by atoms with Gasteiger partial charge in [0.15, 0.2) is 0 Å². The first-order valence-corrected chi connectivity index (χ1v) is 4.99. The Kier molecular flexibility index (Phi) is 8.00. The van der Waals surface area contributed by atoms with Gasteiger partial charge in [-0.05, 0) is 30.8 Å². The summed E-state index contributed by atoms with van der Waals surface area (Å²) in [5.74, 6) is 1.92. The molecule has 0 radical (unpaired) electrons. The lowest BCUT2D eigenvalue weighted by Gasteiger charge is -2.05. The molecule has 0 aromatic rings. The molecule has 0 N–H and O–H groups in total. The molecular formula is C6H14S3. The molecule has 0 heterocycles. The van der Waals surface area contributed by atoms with Crippen molar-refractivity contribution in [2.45, 2.75) is 24.5 Å². The minimum absolute atomic E-state index is 0.537. The molecule has 0 fully saturated rings.